The molecule has 2 aromatic heterocycles. The van der Waals surface area contributed by atoms with E-state index in [0.29, 0.717) is 6.04 Å². The Bertz CT molecular complexity index is 658. The lowest BCUT2D eigenvalue weighted by atomic mass is 10.2. The average molecular weight is 355 g/mol. The van der Waals surface area contributed by atoms with Crippen molar-refractivity contribution in [3.05, 3.63) is 48.0 Å². The zero-order valence-corrected chi connectivity index (χ0v) is 16.2. The van der Waals surface area contributed by atoms with Gasteiger partial charge in [0, 0.05) is 63.9 Å². The summed E-state index contributed by atoms with van der Waals surface area (Å²) >= 11 is 0. The minimum Gasteiger partial charge on any atom is -0.347 e. The summed E-state index contributed by atoms with van der Waals surface area (Å²) in [6.45, 7) is 7.36. The molecule has 26 heavy (non-hydrogen) atoms. The largest absolute Gasteiger partial charge is 0.347 e. The van der Waals surface area contributed by atoms with Crippen molar-refractivity contribution in [2.24, 2.45) is 0 Å². The van der Waals surface area contributed by atoms with E-state index in [0.717, 1.165) is 43.4 Å². The van der Waals surface area contributed by atoms with Crippen molar-refractivity contribution in [1.82, 2.24) is 24.8 Å². The van der Waals surface area contributed by atoms with E-state index in [-0.39, 0.29) is 0 Å². The van der Waals surface area contributed by atoms with Crippen LogP contribution in [0.3, 0.4) is 0 Å². The number of hydrogen-bond acceptors (Lipinski definition) is 6. The van der Waals surface area contributed by atoms with E-state index >= 15 is 0 Å². The highest BCUT2D eigenvalue weighted by molar-refractivity contribution is 5.26. The highest BCUT2D eigenvalue weighted by Gasteiger charge is 2.25. The van der Waals surface area contributed by atoms with E-state index in [1.807, 2.05) is 43.7 Å². The molecule has 1 saturated heterocycles. The van der Waals surface area contributed by atoms with Crippen LogP contribution in [0.5, 0.6) is 0 Å². The highest BCUT2D eigenvalue weighted by Crippen LogP contribution is 2.19. The lowest BCUT2D eigenvalue weighted by Crippen LogP contribution is -2.40. The molecular formula is C20H30N6. The van der Waals surface area contributed by atoms with Crippen LogP contribution in [0.1, 0.15) is 31.0 Å². The maximum Gasteiger partial charge on any atom is 0.224 e. The minimum atomic E-state index is 0.630. The number of aromatic nitrogens is 3. The molecule has 0 spiro atoms. The van der Waals surface area contributed by atoms with E-state index in [1.165, 1.54) is 19.4 Å². The lowest BCUT2D eigenvalue weighted by molar-refractivity contribution is 0.164. The summed E-state index contributed by atoms with van der Waals surface area (Å²) in [6, 6.07) is 6.76. The molecule has 0 saturated carbocycles. The highest BCUT2D eigenvalue weighted by atomic mass is 15.2. The number of anilines is 1. The number of rotatable bonds is 8. The van der Waals surface area contributed by atoms with Gasteiger partial charge < -0.3 is 4.90 Å². The topological polar surface area (TPSA) is 48.4 Å². The van der Waals surface area contributed by atoms with Crippen LogP contribution < -0.4 is 4.90 Å². The molecule has 0 amide bonds. The summed E-state index contributed by atoms with van der Waals surface area (Å²) in [4.78, 5) is 20.4. The number of hydrogen-bond donors (Lipinski definition) is 0. The van der Waals surface area contributed by atoms with Gasteiger partial charge in [-0.2, -0.15) is 0 Å². The maximum atomic E-state index is 4.52. The molecule has 1 atom stereocenters. The van der Waals surface area contributed by atoms with Crippen molar-refractivity contribution in [2.75, 3.05) is 38.6 Å². The number of nitrogens with zero attached hydrogens (tertiary/aromatic N) is 6. The Balaban J connectivity index is 1.71. The van der Waals surface area contributed by atoms with Gasteiger partial charge in [0.25, 0.3) is 0 Å². The molecule has 0 aliphatic carbocycles. The molecule has 1 fully saturated rings. The fraction of sp³-hybridized carbons (Fsp3) is 0.550. The van der Waals surface area contributed by atoms with E-state index in [2.05, 4.69) is 43.8 Å². The predicted molar refractivity (Wildman–Crippen MR) is 105 cm³/mol. The lowest BCUT2D eigenvalue weighted by Gasteiger charge is -2.30. The van der Waals surface area contributed by atoms with Gasteiger partial charge in [-0.25, -0.2) is 9.97 Å². The van der Waals surface area contributed by atoms with Crippen molar-refractivity contribution in [2.45, 2.75) is 38.9 Å². The number of pyridine rings is 1. The Morgan fingerprint density at radius 3 is 2.58 bits per heavy atom. The smallest absolute Gasteiger partial charge is 0.224 e. The summed E-state index contributed by atoms with van der Waals surface area (Å²) < 4.78 is 0. The minimum absolute atomic E-state index is 0.630. The molecule has 0 N–H and O–H groups in total. The number of likely N-dealkylation sites (N-methyl/N-ethyl adjacent to an activating group) is 1. The number of likely N-dealkylation sites (tertiary alicyclic amines) is 1. The van der Waals surface area contributed by atoms with E-state index < -0.39 is 0 Å². The van der Waals surface area contributed by atoms with Crippen molar-refractivity contribution >= 4 is 5.95 Å². The van der Waals surface area contributed by atoms with Gasteiger partial charge in [0.1, 0.15) is 0 Å². The van der Waals surface area contributed by atoms with Crippen LogP contribution in [0.2, 0.25) is 0 Å². The molecule has 1 aliphatic rings. The first-order chi connectivity index (χ1) is 12.7. The molecule has 3 heterocycles. The van der Waals surface area contributed by atoms with Crippen LogP contribution in [0.25, 0.3) is 0 Å². The first kappa shape index (κ1) is 18.7. The fourth-order valence-electron chi connectivity index (χ4n) is 3.64. The summed E-state index contributed by atoms with van der Waals surface area (Å²) in [5.41, 5.74) is 2.26. The van der Waals surface area contributed by atoms with Crippen LogP contribution in [0, 0.1) is 0 Å². The van der Waals surface area contributed by atoms with Crippen LogP contribution >= 0.6 is 0 Å². The molecule has 3 rings (SSSR count). The van der Waals surface area contributed by atoms with E-state index in [4.69, 9.17) is 0 Å². The van der Waals surface area contributed by atoms with Gasteiger partial charge in [0.15, 0.2) is 0 Å². The van der Waals surface area contributed by atoms with Gasteiger partial charge in [0.05, 0.1) is 5.69 Å². The normalized spacial score (nSPS) is 17.8. The Morgan fingerprint density at radius 2 is 1.92 bits per heavy atom. The molecule has 0 unspecified atom stereocenters. The van der Waals surface area contributed by atoms with Crippen molar-refractivity contribution in [1.29, 1.82) is 0 Å². The zero-order chi connectivity index (χ0) is 18.4. The van der Waals surface area contributed by atoms with Gasteiger partial charge >= 0.3 is 0 Å². The molecule has 6 nitrogen and oxygen atoms in total. The van der Waals surface area contributed by atoms with Crippen molar-refractivity contribution < 1.29 is 0 Å². The second-order valence-corrected chi connectivity index (χ2v) is 7.20. The fourth-order valence-corrected chi connectivity index (χ4v) is 3.64. The standard InChI is InChI=1S/C20H30N6/c1-4-26-11-7-9-19(26)16-25(15-18-8-5-6-10-21-18)14-17-12-22-20(23-13-17)24(2)3/h5-6,8,10,12-13,19H,4,7,9,11,14-16H2,1-3H3/t19-/m0/s1. The molecule has 0 radical (unpaired) electrons. The summed E-state index contributed by atoms with van der Waals surface area (Å²) in [5.74, 6) is 0.748. The first-order valence-corrected chi connectivity index (χ1v) is 9.50. The molecule has 2 aromatic rings. The van der Waals surface area contributed by atoms with Crippen molar-refractivity contribution in [3.8, 4) is 0 Å². The Morgan fingerprint density at radius 1 is 1.12 bits per heavy atom. The van der Waals surface area contributed by atoms with Crippen LogP contribution in [0.15, 0.2) is 36.8 Å². The Hall–Kier alpha value is -2.05. The molecule has 1 aliphatic heterocycles. The summed E-state index contributed by atoms with van der Waals surface area (Å²) in [5, 5.41) is 0. The first-order valence-electron chi connectivity index (χ1n) is 9.50. The van der Waals surface area contributed by atoms with Gasteiger partial charge in [-0.1, -0.05) is 13.0 Å². The monoisotopic (exact) mass is 354 g/mol. The zero-order valence-electron chi connectivity index (χ0n) is 16.2. The molecule has 140 valence electrons. The average Bonchev–Trinajstić information content (AvgIpc) is 3.10. The van der Waals surface area contributed by atoms with Gasteiger partial charge in [0.2, 0.25) is 5.95 Å². The Labute approximate surface area is 156 Å². The van der Waals surface area contributed by atoms with Crippen LogP contribution in [-0.4, -0.2) is 64.5 Å². The third-order valence-corrected chi connectivity index (χ3v) is 4.98. The van der Waals surface area contributed by atoms with E-state index in [1.54, 1.807) is 0 Å². The molecule has 0 aromatic carbocycles. The van der Waals surface area contributed by atoms with Gasteiger partial charge in [-0.3, -0.25) is 14.8 Å². The predicted octanol–water partition coefficient (Wildman–Crippen LogP) is 2.42. The van der Waals surface area contributed by atoms with Gasteiger partial charge in [-0.15, -0.1) is 0 Å². The van der Waals surface area contributed by atoms with Crippen LogP contribution in [0.4, 0.5) is 5.95 Å². The Kier molecular flexibility index (Phi) is 6.52. The SMILES string of the molecule is CCN1CCC[C@H]1CN(Cc1cnc(N(C)C)nc1)Cc1ccccn1. The van der Waals surface area contributed by atoms with Gasteiger partial charge in [-0.05, 0) is 38.1 Å². The molecular weight excluding hydrogens is 324 g/mol. The second-order valence-electron chi connectivity index (χ2n) is 7.20. The van der Waals surface area contributed by atoms with Crippen LogP contribution in [-0.2, 0) is 13.1 Å². The second kappa shape index (κ2) is 9.05. The summed E-state index contributed by atoms with van der Waals surface area (Å²) in [6.07, 6.45) is 8.34. The molecule has 0 bridgehead atoms. The quantitative estimate of drug-likeness (QED) is 0.726. The van der Waals surface area contributed by atoms with Crippen molar-refractivity contribution in [3.63, 3.8) is 0 Å². The van der Waals surface area contributed by atoms with E-state index in [9.17, 15) is 0 Å². The molecule has 6 heteroatoms. The third kappa shape index (κ3) is 4.99. The third-order valence-electron chi connectivity index (χ3n) is 4.98. The summed E-state index contributed by atoms with van der Waals surface area (Å²) in [7, 11) is 3.92. The maximum absolute atomic E-state index is 4.52.